The molecule has 0 radical (unpaired) electrons. The smallest absolute Gasteiger partial charge is 0.269 e. The highest BCUT2D eigenvalue weighted by Gasteiger charge is 2.12. The van der Waals surface area contributed by atoms with E-state index in [1.807, 2.05) is 13.8 Å². The third-order valence-corrected chi connectivity index (χ3v) is 1.54. The van der Waals surface area contributed by atoms with Crippen LogP contribution in [0.5, 0.6) is 0 Å². The summed E-state index contributed by atoms with van der Waals surface area (Å²) in [7, 11) is 0. The Morgan fingerprint density at radius 1 is 1.50 bits per heavy atom. The van der Waals surface area contributed by atoms with E-state index in [-0.39, 0.29) is 5.70 Å². The first-order valence-corrected chi connectivity index (χ1v) is 5.06. The van der Waals surface area contributed by atoms with Gasteiger partial charge in [-0.1, -0.05) is 13.8 Å². The van der Waals surface area contributed by atoms with Gasteiger partial charge in [-0.15, -0.1) is 0 Å². The minimum Gasteiger partial charge on any atom is -0.345 e. The molecule has 0 aromatic carbocycles. The predicted molar refractivity (Wildman–Crippen MR) is 58.5 cm³/mol. The van der Waals surface area contributed by atoms with Crippen LogP contribution in [0.15, 0.2) is 23.5 Å². The lowest BCUT2D eigenvalue weighted by Gasteiger charge is -2.15. The predicted octanol–water partition coefficient (Wildman–Crippen LogP) is 1.29. The minimum atomic E-state index is -2.53. The zero-order chi connectivity index (χ0) is 12.6. The van der Waals surface area contributed by atoms with Crippen molar-refractivity contribution >= 4 is 5.91 Å². The highest BCUT2D eigenvalue weighted by Crippen LogP contribution is 2.02. The maximum absolute atomic E-state index is 11.8. The molecule has 6 heteroatoms. The third kappa shape index (κ3) is 5.33. The van der Waals surface area contributed by atoms with Gasteiger partial charge < -0.3 is 10.7 Å². The van der Waals surface area contributed by atoms with Crippen molar-refractivity contribution < 1.29 is 13.6 Å². The van der Waals surface area contributed by atoms with Crippen LogP contribution in [0.3, 0.4) is 0 Å². The average Bonchev–Trinajstić information content (AvgIpc) is 2.28. The van der Waals surface area contributed by atoms with Gasteiger partial charge in [0.1, 0.15) is 5.70 Å². The molecule has 1 rings (SSSR count). The fourth-order valence-electron chi connectivity index (χ4n) is 0.920. The molecule has 0 aromatic rings. The molecule has 1 amide bonds. The molecule has 0 saturated heterocycles. The van der Waals surface area contributed by atoms with Crippen molar-refractivity contribution in [2.75, 3.05) is 6.54 Å². The number of hydrazine groups is 1. The van der Waals surface area contributed by atoms with Gasteiger partial charge in [0, 0.05) is 6.20 Å². The zero-order valence-corrected chi connectivity index (χ0v) is 9.60. The van der Waals surface area contributed by atoms with Gasteiger partial charge in [-0.2, -0.15) is 0 Å². The number of rotatable bonds is 3. The zero-order valence-electron chi connectivity index (χ0n) is 9.60. The molecule has 0 atom stereocenters. The van der Waals surface area contributed by atoms with Crippen LogP contribution in [-0.2, 0) is 4.79 Å². The number of carbonyl (C=O) groups is 1. The number of hydrogen-bond donors (Lipinski definition) is 3. The summed E-state index contributed by atoms with van der Waals surface area (Å²) in [6.07, 6.45) is 0.689. The summed E-state index contributed by atoms with van der Waals surface area (Å²) >= 11 is 0. The van der Waals surface area contributed by atoms with Crippen molar-refractivity contribution in [3.63, 3.8) is 0 Å². The number of halogens is 2. The lowest BCUT2D eigenvalue weighted by Crippen LogP contribution is -2.40. The Morgan fingerprint density at radius 2 is 2.12 bits per heavy atom. The Labute approximate surface area is 93.8 Å². The molecular weight excluding hydrogens is 216 g/mol. The molecule has 1 heterocycles. The molecule has 0 bridgehead atoms. The van der Waals surface area contributed by atoms with E-state index < -0.39 is 18.9 Å². The SMILES string of the molecule is CC.CC1=CNNC(C(=O)NCC(F)F)=C1. The lowest BCUT2D eigenvalue weighted by atomic mass is 10.2. The maximum Gasteiger partial charge on any atom is 0.269 e. The van der Waals surface area contributed by atoms with Gasteiger partial charge in [-0.05, 0) is 18.6 Å². The Balaban J connectivity index is 0.00000106. The van der Waals surface area contributed by atoms with Gasteiger partial charge in [-0.25, -0.2) is 8.78 Å². The molecule has 0 unspecified atom stereocenters. The highest BCUT2D eigenvalue weighted by atomic mass is 19.3. The molecule has 1 aliphatic heterocycles. The van der Waals surface area contributed by atoms with E-state index in [1.54, 1.807) is 19.2 Å². The number of hydrogen-bond acceptors (Lipinski definition) is 3. The van der Waals surface area contributed by atoms with E-state index in [0.29, 0.717) is 0 Å². The standard InChI is InChI=1S/C8H11F2N3O.C2H6/c1-5-2-6(13-12-3-5)8(14)11-4-7(9)10;1-2/h2-3,7,12-13H,4H2,1H3,(H,11,14);1-2H3. The molecule has 16 heavy (non-hydrogen) atoms. The molecule has 4 nitrogen and oxygen atoms in total. The Hall–Kier alpha value is -1.59. The summed E-state index contributed by atoms with van der Waals surface area (Å²) in [4.78, 5) is 11.2. The first kappa shape index (κ1) is 14.4. The van der Waals surface area contributed by atoms with Crippen molar-refractivity contribution in [3.05, 3.63) is 23.5 Å². The Morgan fingerprint density at radius 3 is 2.62 bits per heavy atom. The van der Waals surface area contributed by atoms with Crippen LogP contribution in [0.25, 0.3) is 0 Å². The quantitative estimate of drug-likeness (QED) is 0.688. The Kier molecular flexibility index (Phi) is 6.91. The molecule has 0 spiro atoms. The fourth-order valence-corrected chi connectivity index (χ4v) is 0.920. The number of allylic oxidation sites excluding steroid dienone is 2. The van der Waals surface area contributed by atoms with Gasteiger partial charge in [0.25, 0.3) is 12.3 Å². The molecule has 92 valence electrons. The maximum atomic E-state index is 11.8. The topological polar surface area (TPSA) is 53.2 Å². The molecule has 3 N–H and O–H groups in total. The van der Waals surface area contributed by atoms with E-state index >= 15 is 0 Å². The molecule has 1 aliphatic rings. The second kappa shape index (κ2) is 7.67. The third-order valence-electron chi connectivity index (χ3n) is 1.54. The summed E-state index contributed by atoms with van der Waals surface area (Å²) < 4.78 is 23.5. The second-order valence-electron chi connectivity index (χ2n) is 2.82. The summed E-state index contributed by atoms with van der Waals surface area (Å²) in [5.74, 6) is -0.551. The van der Waals surface area contributed by atoms with E-state index in [2.05, 4.69) is 16.2 Å². The normalized spacial score (nSPS) is 13.6. The van der Waals surface area contributed by atoms with Crippen LogP contribution in [-0.4, -0.2) is 18.9 Å². The van der Waals surface area contributed by atoms with Crippen molar-refractivity contribution in [3.8, 4) is 0 Å². The van der Waals surface area contributed by atoms with E-state index in [4.69, 9.17) is 0 Å². The summed E-state index contributed by atoms with van der Waals surface area (Å²) in [6, 6.07) is 0. The molecule has 0 aliphatic carbocycles. The van der Waals surface area contributed by atoms with E-state index in [9.17, 15) is 13.6 Å². The van der Waals surface area contributed by atoms with Gasteiger partial charge in [0.05, 0.1) is 6.54 Å². The highest BCUT2D eigenvalue weighted by molar-refractivity contribution is 5.93. The Bertz CT molecular complexity index is 288. The summed E-state index contributed by atoms with van der Waals surface area (Å²) in [6.45, 7) is 5.15. The fraction of sp³-hybridized carbons (Fsp3) is 0.500. The van der Waals surface area contributed by atoms with E-state index in [0.717, 1.165) is 5.57 Å². The molecule has 0 fully saturated rings. The van der Waals surface area contributed by atoms with Crippen molar-refractivity contribution in [1.29, 1.82) is 0 Å². The van der Waals surface area contributed by atoms with Gasteiger partial charge in [0.2, 0.25) is 0 Å². The van der Waals surface area contributed by atoms with Crippen LogP contribution in [0.1, 0.15) is 20.8 Å². The van der Waals surface area contributed by atoms with Crippen molar-refractivity contribution in [2.24, 2.45) is 0 Å². The summed E-state index contributed by atoms with van der Waals surface area (Å²) in [5, 5.41) is 2.09. The first-order chi connectivity index (χ1) is 7.59. The molecule has 0 saturated carbocycles. The average molecular weight is 233 g/mol. The van der Waals surface area contributed by atoms with Crippen LogP contribution < -0.4 is 16.2 Å². The minimum absolute atomic E-state index is 0.227. The second-order valence-corrected chi connectivity index (χ2v) is 2.82. The molecule has 0 aromatic heterocycles. The first-order valence-electron chi connectivity index (χ1n) is 5.06. The lowest BCUT2D eigenvalue weighted by molar-refractivity contribution is -0.118. The van der Waals surface area contributed by atoms with Crippen molar-refractivity contribution in [1.82, 2.24) is 16.2 Å². The van der Waals surface area contributed by atoms with Crippen LogP contribution >= 0.6 is 0 Å². The number of nitrogens with one attached hydrogen (secondary N) is 3. The van der Waals surface area contributed by atoms with Gasteiger partial charge >= 0.3 is 0 Å². The van der Waals surface area contributed by atoms with Crippen molar-refractivity contribution in [2.45, 2.75) is 27.2 Å². The monoisotopic (exact) mass is 233 g/mol. The number of alkyl halides is 2. The van der Waals surface area contributed by atoms with Crippen LogP contribution in [0.2, 0.25) is 0 Å². The van der Waals surface area contributed by atoms with Gasteiger partial charge in [0.15, 0.2) is 0 Å². The van der Waals surface area contributed by atoms with E-state index in [1.165, 1.54) is 0 Å². The van der Waals surface area contributed by atoms with Gasteiger partial charge in [-0.3, -0.25) is 10.2 Å². The molecular formula is C10H17F2N3O. The number of carbonyl (C=O) groups excluding carboxylic acids is 1. The van der Waals surface area contributed by atoms with Crippen LogP contribution in [0, 0.1) is 0 Å². The van der Waals surface area contributed by atoms with Crippen LogP contribution in [0.4, 0.5) is 8.78 Å². The number of amides is 1. The summed E-state index contributed by atoms with van der Waals surface area (Å²) in [5.41, 5.74) is 6.24. The largest absolute Gasteiger partial charge is 0.345 e.